The number of carbonyl (C=O) groups is 1. The van der Waals surface area contributed by atoms with E-state index in [2.05, 4.69) is 15.5 Å². The number of para-hydroxylation sites is 1. The number of carbonyl (C=O) groups excluding carboxylic acids is 1. The van der Waals surface area contributed by atoms with Gasteiger partial charge in [0, 0.05) is 24.1 Å². The number of non-ortho nitro benzene ring substituents is 1. The summed E-state index contributed by atoms with van der Waals surface area (Å²) in [6, 6.07) is 17.6. The van der Waals surface area contributed by atoms with Crippen LogP contribution in [0.3, 0.4) is 0 Å². The number of nitro groups is 1. The number of hydrogen-bond acceptors (Lipinski definition) is 10. The first-order chi connectivity index (χ1) is 18.6. The maximum Gasteiger partial charge on any atom is 0.339 e. The molecule has 0 saturated carbocycles. The molecule has 39 heavy (non-hydrogen) atoms. The zero-order valence-electron chi connectivity index (χ0n) is 19.6. The molecule has 1 amide bonds. The van der Waals surface area contributed by atoms with Gasteiger partial charge in [0.1, 0.15) is 33.1 Å². The van der Waals surface area contributed by atoms with Gasteiger partial charge in [0.2, 0.25) is 5.13 Å². The molecule has 0 bridgehead atoms. The molecule has 0 spiro atoms. The van der Waals surface area contributed by atoms with Crippen molar-refractivity contribution in [3.63, 3.8) is 0 Å². The minimum atomic E-state index is -4.39. The van der Waals surface area contributed by atoms with Crippen molar-refractivity contribution in [2.45, 2.75) is 11.3 Å². The van der Waals surface area contributed by atoms with Gasteiger partial charge < -0.3 is 4.18 Å². The molecule has 0 unspecified atom stereocenters. The third-order valence-corrected chi connectivity index (χ3v) is 7.14. The molecule has 14 heteroatoms. The van der Waals surface area contributed by atoms with Crippen LogP contribution in [0.2, 0.25) is 0 Å². The number of nitrogens with zero attached hydrogens (tertiary/aromatic N) is 4. The number of nitro benzene ring substituents is 1. The number of nitrogens with one attached hydrogen (secondary N) is 1. The minimum Gasteiger partial charge on any atom is -0.378 e. The highest BCUT2D eigenvalue weighted by atomic mass is 32.2. The molecular weight excluding hydrogens is 549 g/mol. The Labute approximate surface area is 225 Å². The van der Waals surface area contributed by atoms with Crippen LogP contribution < -0.4 is 9.50 Å². The molecule has 4 rings (SSSR count). The molecule has 1 aromatic heterocycles. The molecule has 0 aliphatic carbocycles. The lowest BCUT2D eigenvalue weighted by atomic mass is 10.1. The van der Waals surface area contributed by atoms with E-state index < -0.39 is 20.9 Å². The van der Waals surface area contributed by atoms with Gasteiger partial charge in [0.25, 0.3) is 11.6 Å². The van der Waals surface area contributed by atoms with Gasteiger partial charge in [0.05, 0.1) is 4.92 Å². The Morgan fingerprint density at radius 2 is 1.87 bits per heavy atom. The summed E-state index contributed by atoms with van der Waals surface area (Å²) in [5, 5.41) is 31.3. The van der Waals surface area contributed by atoms with Crippen LogP contribution in [-0.4, -0.2) is 29.4 Å². The van der Waals surface area contributed by atoms with E-state index in [1.165, 1.54) is 30.3 Å². The third-order valence-electron chi connectivity index (χ3n) is 5.05. The Morgan fingerprint density at radius 1 is 1.13 bits per heavy atom. The number of amides is 1. The monoisotopic (exact) mass is 565 g/mol. The quantitative estimate of drug-likeness (QED) is 0.101. The van der Waals surface area contributed by atoms with E-state index in [1.807, 2.05) is 0 Å². The third kappa shape index (κ3) is 6.86. The zero-order chi connectivity index (χ0) is 28.0. The fraction of sp³-hybridized carbons (Fsp3) is 0.0400. The molecule has 1 N–H and O–H groups in total. The van der Waals surface area contributed by atoms with Crippen molar-refractivity contribution in [1.82, 2.24) is 10.2 Å². The Hall–Kier alpha value is -5.00. The van der Waals surface area contributed by atoms with Gasteiger partial charge in [-0.2, -0.15) is 13.7 Å². The summed E-state index contributed by atoms with van der Waals surface area (Å²) in [5.41, 5.74) is 0.111. The molecule has 0 atom stereocenters. The summed E-state index contributed by atoms with van der Waals surface area (Å²) in [7, 11) is -4.39. The van der Waals surface area contributed by atoms with E-state index >= 15 is 0 Å². The number of halogens is 1. The molecular formula is C25H16FN5O6S2. The van der Waals surface area contributed by atoms with Gasteiger partial charge in [-0.05, 0) is 42.0 Å². The van der Waals surface area contributed by atoms with Crippen LogP contribution in [0, 0.1) is 27.3 Å². The summed E-state index contributed by atoms with van der Waals surface area (Å²) in [4.78, 5) is 22.6. The lowest BCUT2D eigenvalue weighted by molar-refractivity contribution is -0.384. The predicted octanol–water partition coefficient (Wildman–Crippen LogP) is 4.49. The standard InChI is InChI=1S/C25H16FN5O6S2/c26-19-6-3-4-16(12-19)13-23-29-30-25(38-23)28-24(32)18(15-27)14-17-5-1-2-7-22(17)37-39(35,36)21-10-8-20(9-11-21)31(33)34/h1-12,14H,13H2,(H,28,30,32)/b18-14+. The average Bonchev–Trinajstić information content (AvgIpc) is 3.34. The van der Waals surface area contributed by atoms with Gasteiger partial charge >= 0.3 is 10.1 Å². The number of rotatable bonds is 9. The maximum atomic E-state index is 13.4. The summed E-state index contributed by atoms with van der Waals surface area (Å²) in [6.45, 7) is 0. The highest BCUT2D eigenvalue weighted by Crippen LogP contribution is 2.27. The number of benzene rings is 3. The van der Waals surface area contributed by atoms with Gasteiger partial charge in [-0.1, -0.05) is 41.7 Å². The summed E-state index contributed by atoms with van der Waals surface area (Å²) in [5.74, 6) is -1.39. The molecule has 196 valence electrons. The molecule has 0 aliphatic rings. The molecule has 0 radical (unpaired) electrons. The first kappa shape index (κ1) is 27.0. The average molecular weight is 566 g/mol. The Kier molecular flexibility index (Phi) is 8.04. The van der Waals surface area contributed by atoms with E-state index in [-0.39, 0.29) is 38.4 Å². The van der Waals surface area contributed by atoms with Crippen molar-refractivity contribution >= 4 is 44.3 Å². The molecule has 1 heterocycles. The zero-order valence-corrected chi connectivity index (χ0v) is 21.3. The molecule has 0 aliphatic heterocycles. The summed E-state index contributed by atoms with van der Waals surface area (Å²) < 4.78 is 44.1. The van der Waals surface area contributed by atoms with Crippen molar-refractivity contribution in [3.05, 3.63) is 110 Å². The SMILES string of the molecule is N#C/C(=C\c1ccccc1OS(=O)(=O)c1ccc([N+](=O)[O-])cc1)C(=O)Nc1nnc(Cc2cccc(F)c2)s1. The van der Waals surface area contributed by atoms with Crippen LogP contribution in [0.25, 0.3) is 6.08 Å². The van der Waals surface area contributed by atoms with Crippen LogP contribution in [0.1, 0.15) is 16.1 Å². The highest BCUT2D eigenvalue weighted by molar-refractivity contribution is 7.87. The van der Waals surface area contributed by atoms with Crippen molar-refractivity contribution in [2.24, 2.45) is 0 Å². The lowest BCUT2D eigenvalue weighted by Crippen LogP contribution is -2.14. The summed E-state index contributed by atoms with van der Waals surface area (Å²) >= 11 is 1.05. The first-order valence-electron chi connectivity index (χ1n) is 10.9. The maximum absolute atomic E-state index is 13.4. The Balaban J connectivity index is 1.51. The van der Waals surface area contributed by atoms with E-state index in [0.29, 0.717) is 17.0 Å². The van der Waals surface area contributed by atoms with Gasteiger partial charge in [-0.15, -0.1) is 10.2 Å². The fourth-order valence-electron chi connectivity index (χ4n) is 3.24. The van der Waals surface area contributed by atoms with Crippen molar-refractivity contribution < 1.29 is 26.7 Å². The van der Waals surface area contributed by atoms with E-state index in [1.54, 1.807) is 24.3 Å². The topological polar surface area (TPSA) is 165 Å². The highest BCUT2D eigenvalue weighted by Gasteiger charge is 2.20. The van der Waals surface area contributed by atoms with Gasteiger partial charge in [-0.3, -0.25) is 20.2 Å². The molecule has 4 aromatic rings. The lowest BCUT2D eigenvalue weighted by Gasteiger charge is -2.10. The Bertz CT molecular complexity index is 1730. The molecule has 11 nitrogen and oxygen atoms in total. The largest absolute Gasteiger partial charge is 0.378 e. The molecule has 0 saturated heterocycles. The fourth-order valence-corrected chi connectivity index (χ4v) is 4.97. The Morgan fingerprint density at radius 3 is 2.56 bits per heavy atom. The van der Waals surface area contributed by atoms with Crippen LogP contribution in [0.4, 0.5) is 15.2 Å². The van der Waals surface area contributed by atoms with E-state index in [4.69, 9.17) is 4.18 Å². The second kappa shape index (κ2) is 11.6. The van der Waals surface area contributed by atoms with Crippen molar-refractivity contribution in [1.29, 1.82) is 5.26 Å². The van der Waals surface area contributed by atoms with Gasteiger partial charge in [-0.25, -0.2) is 4.39 Å². The number of hydrogen-bond donors (Lipinski definition) is 1. The van der Waals surface area contributed by atoms with Crippen molar-refractivity contribution in [3.8, 4) is 11.8 Å². The summed E-state index contributed by atoms with van der Waals surface area (Å²) in [6.07, 6.45) is 1.44. The number of anilines is 1. The van der Waals surface area contributed by atoms with Crippen LogP contribution in [0.5, 0.6) is 5.75 Å². The minimum absolute atomic E-state index is 0.109. The second-order valence-electron chi connectivity index (χ2n) is 7.76. The van der Waals surface area contributed by atoms with Crippen LogP contribution in [0.15, 0.2) is 83.3 Å². The van der Waals surface area contributed by atoms with Gasteiger partial charge in [0.15, 0.2) is 0 Å². The molecule has 3 aromatic carbocycles. The smallest absolute Gasteiger partial charge is 0.339 e. The number of aromatic nitrogens is 2. The van der Waals surface area contributed by atoms with E-state index in [9.17, 15) is 33.0 Å². The van der Waals surface area contributed by atoms with Crippen molar-refractivity contribution in [2.75, 3.05) is 5.32 Å². The van der Waals surface area contributed by atoms with Crippen LogP contribution >= 0.6 is 11.3 Å². The predicted molar refractivity (Wildman–Crippen MR) is 139 cm³/mol. The second-order valence-corrected chi connectivity index (χ2v) is 10.4. The first-order valence-corrected chi connectivity index (χ1v) is 13.1. The normalized spacial score (nSPS) is 11.4. The van der Waals surface area contributed by atoms with E-state index in [0.717, 1.165) is 41.7 Å². The van der Waals surface area contributed by atoms with Crippen LogP contribution in [-0.2, 0) is 21.3 Å². The number of nitriles is 1. The molecule has 0 fully saturated rings.